The molecule has 1 unspecified atom stereocenters. The Balaban J connectivity index is 0.000000482. The first-order chi connectivity index (χ1) is 59.3. The Morgan fingerprint density at radius 3 is 1.21 bits per heavy atom. The number of ketones is 9. The summed E-state index contributed by atoms with van der Waals surface area (Å²) in [5.41, 5.74) is 8.07. The van der Waals surface area contributed by atoms with Gasteiger partial charge in [0.05, 0.1) is 42.0 Å². The summed E-state index contributed by atoms with van der Waals surface area (Å²) >= 11 is 0. The van der Waals surface area contributed by atoms with Crippen LogP contribution in [0.2, 0.25) is 0 Å². The van der Waals surface area contributed by atoms with Crippen molar-refractivity contribution in [3.8, 4) is 0 Å². The molecule has 1 heterocycles. The van der Waals surface area contributed by atoms with Crippen molar-refractivity contribution < 1.29 is 55.8 Å². The first-order valence-corrected chi connectivity index (χ1v) is 46.0. The Morgan fingerprint density at radius 2 is 0.750 bits per heavy atom. The molecule has 124 heavy (non-hydrogen) atoms. The highest BCUT2D eigenvalue weighted by Gasteiger charge is 2.20. The number of carbonyl (C=O) groups is 9. The van der Waals surface area contributed by atoms with Crippen LogP contribution < -0.4 is 31.9 Å². The lowest BCUT2D eigenvalue weighted by Crippen LogP contribution is -2.34. The predicted octanol–water partition coefficient (Wildman–Crippen LogP) is 16.5. The molecule has 0 fully saturated rings. The van der Waals surface area contributed by atoms with Crippen LogP contribution in [0.1, 0.15) is 152 Å². The molecule has 19 nitrogen and oxygen atoms in total. The molecular formula is C103H135N7O12S2. The summed E-state index contributed by atoms with van der Waals surface area (Å²) in [5, 5.41) is 27.5. The van der Waals surface area contributed by atoms with Crippen LogP contribution in [0, 0.1) is 0 Å². The summed E-state index contributed by atoms with van der Waals surface area (Å²) in [6, 6.07) is 79.3. The second kappa shape index (κ2) is 61.6. The van der Waals surface area contributed by atoms with Gasteiger partial charge in [0.25, 0.3) is 0 Å². The standard InChI is InChI=1S/C19H19NO.C18H19NO2.2C13H12O.C12H17NO.C10H14N2O.C7H15NO3S.C7H15NO2S.2C2H6/c1-13(21)19(20-2)12-18-16-9-5-3-7-14(16)11-15-8-4-6-10-17(15)18;1-13(20)17(19-2)12-14-8-10-16(11-9-14)18(21)15-6-4-3-5-7-15;1-10(14)9-12-7-4-6-11-5-2-3-8-13(11)12;1-10(14)8-11-6-7-12-4-2-3-5-13(12)9-11;1-10(14)12(13-2)9-8-11-6-4-3-5-7-11;1-8(13)10(11-2)7-9-5-3-4-6-12-9;1-6(9)7(8-2)4-5-12(3,10)11;1-6(9)7(8-2)4-5-11(3)10;2*1-2/h3-11,19-20H,12H2,1-2H3;3-11,17,19H,12H2,1-2H3;2-8H,9H2,1H3;2-7,9H,8H2,1H3;3-7,12-13H,8-9H2,1-2H3;3-6,10-11H,7H2,1-2H3;7-8H,4-5H2,1-3H3;7-8H,4-5H2,1-3H3;2*1-2H3/t19-;17-;;;12-;10-;7-;7-,11?;;/m00..0000../s1. The van der Waals surface area contributed by atoms with E-state index in [0.29, 0.717) is 61.8 Å². The van der Waals surface area contributed by atoms with E-state index >= 15 is 0 Å². The van der Waals surface area contributed by atoms with Gasteiger partial charge in [0.1, 0.15) is 56.1 Å². The predicted molar refractivity (Wildman–Crippen MR) is 516 cm³/mol. The number of nitrogens with one attached hydrogen (secondary N) is 6. The second-order valence-corrected chi connectivity index (χ2v) is 33.2. The van der Waals surface area contributed by atoms with Gasteiger partial charge in [-0.05, 0) is 225 Å². The highest BCUT2D eigenvalue weighted by Crippen LogP contribution is 2.30. The van der Waals surface area contributed by atoms with Gasteiger partial charge in [-0.15, -0.1) is 0 Å². The number of rotatable bonds is 33. The highest BCUT2D eigenvalue weighted by molar-refractivity contribution is 7.90. The molecular weight excluding hydrogens is 1590 g/mol. The smallest absolute Gasteiger partial charge is 0.193 e. The minimum atomic E-state index is -2.96. The summed E-state index contributed by atoms with van der Waals surface area (Å²) in [6.45, 7) is 20.7. The molecule has 0 aliphatic carbocycles. The topological polar surface area (TPSA) is 290 Å². The van der Waals surface area contributed by atoms with E-state index in [2.05, 4.69) is 146 Å². The molecule has 0 saturated heterocycles. The van der Waals surface area contributed by atoms with Gasteiger partial charge in [0.15, 0.2) is 5.78 Å². The Kier molecular flexibility index (Phi) is 54.3. The summed E-state index contributed by atoms with van der Waals surface area (Å²) in [7, 11) is 6.88. The highest BCUT2D eigenvalue weighted by atomic mass is 32.2. The van der Waals surface area contributed by atoms with Crippen LogP contribution in [-0.4, -0.2) is 172 Å². The molecule has 0 spiro atoms. The number of aryl methyl sites for hydroxylation is 1. The Labute approximate surface area is 740 Å². The monoisotopic (exact) mass is 1730 g/mol. The fraction of sp³-hybridized carbons (Fsp3) is 0.359. The molecule has 666 valence electrons. The van der Waals surface area contributed by atoms with Crippen molar-refractivity contribution in [2.45, 2.75) is 177 Å². The lowest BCUT2D eigenvalue weighted by Gasteiger charge is -2.17. The van der Waals surface area contributed by atoms with E-state index in [-0.39, 0.29) is 94.1 Å². The maximum Gasteiger partial charge on any atom is 0.193 e. The molecule has 21 heteroatoms. The van der Waals surface area contributed by atoms with E-state index in [9.17, 15) is 55.8 Å². The van der Waals surface area contributed by atoms with Gasteiger partial charge in [0.2, 0.25) is 0 Å². The average Bonchev–Trinajstić information content (AvgIpc) is 0.772. The van der Waals surface area contributed by atoms with Gasteiger partial charge in [0, 0.05) is 71.3 Å². The fourth-order valence-corrected chi connectivity index (χ4v) is 14.2. The van der Waals surface area contributed by atoms with Crippen molar-refractivity contribution in [2.75, 3.05) is 66.3 Å². The molecule has 0 amide bonds. The van der Waals surface area contributed by atoms with Crippen LogP contribution in [0.25, 0.3) is 43.1 Å². The number of hydrogen-bond donors (Lipinski definition) is 6. The molecule has 0 bridgehead atoms. The van der Waals surface area contributed by atoms with E-state index in [1.165, 1.54) is 67.4 Å². The van der Waals surface area contributed by atoms with Crippen LogP contribution in [0.5, 0.6) is 0 Å². The number of hydrogen-bond acceptors (Lipinski definition) is 19. The lowest BCUT2D eigenvalue weighted by atomic mass is 9.92. The van der Waals surface area contributed by atoms with E-state index in [0.717, 1.165) is 35.2 Å². The zero-order valence-corrected chi connectivity index (χ0v) is 78.2. The van der Waals surface area contributed by atoms with Crippen molar-refractivity contribution >= 4 is 116 Å². The third kappa shape index (κ3) is 42.6. The van der Waals surface area contributed by atoms with E-state index in [4.69, 9.17) is 0 Å². The number of nitrogens with zero attached hydrogens (tertiary/aromatic N) is 1. The van der Waals surface area contributed by atoms with Crippen LogP contribution in [0.15, 0.2) is 249 Å². The first kappa shape index (κ1) is 109. The van der Waals surface area contributed by atoms with Gasteiger partial charge in [-0.1, -0.05) is 252 Å². The molecule has 0 aliphatic heterocycles. The van der Waals surface area contributed by atoms with Crippen molar-refractivity contribution in [1.29, 1.82) is 0 Å². The SMILES string of the molecule is CC.CC.CC(=O)Cc1ccc2ccccc2c1.CC(=O)Cc1cccc2ccccc12.CN[C@@H](CCS(C)(=O)=O)C(C)=O.CN[C@@H](CCS(C)=O)C(C)=O.CN[C@@H](CCc1ccccc1)C(C)=O.CN[C@@H](Cc1c2ccccc2cc2ccccc12)C(C)=O.CN[C@@H](Cc1ccc(C(=O)c2ccccc2)cc1)C(C)=O.CN[C@@H](Cc1ccccn1)C(C)=O. The molecule has 11 rings (SSSR count). The Hall–Kier alpha value is -10.7. The zero-order chi connectivity index (χ0) is 92.7. The van der Waals surface area contributed by atoms with Gasteiger partial charge in [-0.25, -0.2) is 8.42 Å². The molecule has 0 aliphatic rings. The Morgan fingerprint density at radius 1 is 0.355 bits per heavy atom. The molecule has 7 atom stereocenters. The third-order valence-electron chi connectivity index (χ3n) is 19.8. The van der Waals surface area contributed by atoms with Gasteiger partial charge in [-0.3, -0.25) is 52.3 Å². The summed E-state index contributed by atoms with van der Waals surface area (Å²) in [6.07, 6.45) is 10.5. The number of benzene rings is 10. The quantitative estimate of drug-likeness (QED) is 0.0165. The van der Waals surface area contributed by atoms with E-state index in [1.807, 2.05) is 175 Å². The van der Waals surface area contributed by atoms with Gasteiger partial charge < -0.3 is 31.9 Å². The lowest BCUT2D eigenvalue weighted by molar-refractivity contribution is -0.119. The van der Waals surface area contributed by atoms with E-state index in [1.54, 1.807) is 89.1 Å². The van der Waals surface area contributed by atoms with Crippen molar-refractivity contribution in [1.82, 2.24) is 36.9 Å². The minimum absolute atomic E-state index is 0.00444. The van der Waals surface area contributed by atoms with Crippen LogP contribution in [0.4, 0.5) is 0 Å². The first-order valence-electron chi connectivity index (χ1n) is 42.3. The fourth-order valence-electron chi connectivity index (χ4n) is 13.0. The number of sulfone groups is 1. The number of aromatic nitrogens is 1. The molecule has 10 aromatic carbocycles. The normalized spacial score (nSPS) is 12.1. The number of fused-ring (bicyclic) bond motifs is 4. The number of pyridine rings is 1. The van der Waals surface area contributed by atoms with E-state index < -0.39 is 20.6 Å². The average molecular weight is 1730 g/mol. The summed E-state index contributed by atoms with van der Waals surface area (Å²) in [5.74, 6) is 1.80. The molecule has 6 N–H and O–H groups in total. The van der Waals surface area contributed by atoms with Crippen molar-refractivity contribution in [2.24, 2.45) is 0 Å². The summed E-state index contributed by atoms with van der Waals surface area (Å²) in [4.78, 5) is 106. The third-order valence-corrected chi connectivity index (χ3v) is 21.6. The molecule has 11 aromatic rings. The van der Waals surface area contributed by atoms with Crippen LogP contribution in [0.3, 0.4) is 0 Å². The van der Waals surface area contributed by atoms with Crippen molar-refractivity contribution in [3.63, 3.8) is 0 Å². The second-order valence-electron chi connectivity index (χ2n) is 29.4. The number of carbonyl (C=O) groups excluding carboxylic acids is 9. The van der Waals surface area contributed by atoms with Crippen molar-refractivity contribution in [3.05, 3.63) is 293 Å². The largest absolute Gasteiger partial charge is 0.311 e. The minimum Gasteiger partial charge on any atom is -0.311 e. The number of likely N-dealkylation sites (N-methyl/N-ethyl adjacent to an activating group) is 6. The molecule has 0 radical (unpaired) electrons. The van der Waals surface area contributed by atoms with Gasteiger partial charge >= 0.3 is 0 Å². The van der Waals surface area contributed by atoms with Crippen LogP contribution in [-0.2, 0) is 97.5 Å². The van der Waals surface area contributed by atoms with Gasteiger partial charge in [-0.2, -0.15) is 0 Å². The maximum absolute atomic E-state index is 12.3. The molecule has 1 aromatic heterocycles. The Bertz CT molecular complexity index is 5140. The number of Topliss-reactive ketones (excluding diaryl/α,β-unsaturated/α-hetero) is 8. The summed E-state index contributed by atoms with van der Waals surface area (Å²) < 4.78 is 32.1. The maximum atomic E-state index is 12.3. The van der Waals surface area contributed by atoms with Crippen LogP contribution >= 0.6 is 0 Å². The molecule has 0 saturated carbocycles. The zero-order valence-electron chi connectivity index (χ0n) is 76.6.